The van der Waals surface area contributed by atoms with Crippen LogP contribution >= 0.6 is 11.6 Å². The second-order valence-electron chi connectivity index (χ2n) is 3.86. The fourth-order valence-electron chi connectivity index (χ4n) is 1.33. The maximum Gasteiger partial charge on any atom is 0.0717 e. The summed E-state index contributed by atoms with van der Waals surface area (Å²) in [7, 11) is 0. The van der Waals surface area contributed by atoms with Crippen LogP contribution in [0, 0.1) is 0 Å². The summed E-state index contributed by atoms with van der Waals surface area (Å²) in [4.78, 5) is 0. The molecule has 3 heteroatoms. The number of ether oxygens (including phenoxy) is 1. The molecule has 90 valence electrons. The molecule has 0 aromatic heterocycles. The molecule has 1 atom stereocenters. The Bertz CT molecular complexity index is 264. The van der Waals surface area contributed by atoms with Crippen LogP contribution in [0.2, 0.25) is 0 Å². The highest BCUT2D eigenvalue weighted by Crippen LogP contribution is 2.00. The molecule has 1 rings (SSSR count). The Morgan fingerprint density at radius 3 is 2.69 bits per heavy atom. The Hall–Kier alpha value is -0.570. The first kappa shape index (κ1) is 13.5. The van der Waals surface area contributed by atoms with Gasteiger partial charge in [0.15, 0.2) is 0 Å². The molecule has 0 saturated heterocycles. The number of hydrogen-bond acceptors (Lipinski definition) is 2. The lowest BCUT2D eigenvalue weighted by molar-refractivity contribution is 0.123. The van der Waals surface area contributed by atoms with Crippen LogP contribution < -0.4 is 5.32 Å². The van der Waals surface area contributed by atoms with Crippen molar-refractivity contribution in [2.75, 3.05) is 19.7 Å². The van der Waals surface area contributed by atoms with E-state index in [1.807, 2.05) is 25.1 Å². The zero-order chi connectivity index (χ0) is 11.6. The standard InChI is InChI=1S/C13H20ClNO/c1-12(14)7-8-15-9-10-16-11-13-5-3-2-4-6-13/h2-6,12,15H,7-11H2,1H3. The minimum Gasteiger partial charge on any atom is -0.375 e. The summed E-state index contributed by atoms with van der Waals surface area (Å²) in [5, 5.41) is 3.54. The third kappa shape index (κ3) is 6.83. The minimum atomic E-state index is 0.248. The van der Waals surface area contributed by atoms with Crippen LogP contribution in [0.5, 0.6) is 0 Å². The van der Waals surface area contributed by atoms with Gasteiger partial charge in [0.2, 0.25) is 0 Å². The molecule has 0 radical (unpaired) electrons. The van der Waals surface area contributed by atoms with Gasteiger partial charge in [-0.25, -0.2) is 0 Å². The van der Waals surface area contributed by atoms with Gasteiger partial charge >= 0.3 is 0 Å². The van der Waals surface area contributed by atoms with Crippen LogP contribution in [0.15, 0.2) is 30.3 Å². The molecule has 0 heterocycles. The summed E-state index contributed by atoms with van der Waals surface area (Å²) >= 11 is 5.83. The number of nitrogens with one attached hydrogen (secondary N) is 1. The second-order valence-corrected chi connectivity index (χ2v) is 4.60. The van der Waals surface area contributed by atoms with Crippen molar-refractivity contribution in [1.29, 1.82) is 0 Å². The van der Waals surface area contributed by atoms with Gasteiger partial charge in [-0.3, -0.25) is 0 Å². The van der Waals surface area contributed by atoms with Gasteiger partial charge in [0.25, 0.3) is 0 Å². The van der Waals surface area contributed by atoms with E-state index >= 15 is 0 Å². The van der Waals surface area contributed by atoms with Gasteiger partial charge in [0, 0.05) is 11.9 Å². The highest BCUT2D eigenvalue weighted by atomic mass is 35.5. The quantitative estimate of drug-likeness (QED) is 0.558. The van der Waals surface area contributed by atoms with Gasteiger partial charge in [0.1, 0.15) is 0 Å². The van der Waals surface area contributed by atoms with Gasteiger partial charge < -0.3 is 10.1 Å². The van der Waals surface area contributed by atoms with Crippen molar-refractivity contribution >= 4 is 11.6 Å². The molecule has 2 nitrogen and oxygen atoms in total. The Kier molecular flexibility index (Phi) is 7.23. The van der Waals surface area contributed by atoms with E-state index in [2.05, 4.69) is 17.4 Å². The Balaban J connectivity index is 1.93. The largest absolute Gasteiger partial charge is 0.375 e. The second kappa shape index (κ2) is 8.57. The molecule has 0 amide bonds. The number of benzene rings is 1. The van der Waals surface area contributed by atoms with Crippen molar-refractivity contribution < 1.29 is 4.74 Å². The lowest BCUT2D eigenvalue weighted by Crippen LogP contribution is -2.22. The van der Waals surface area contributed by atoms with Crippen molar-refractivity contribution in [3.63, 3.8) is 0 Å². The van der Waals surface area contributed by atoms with E-state index in [4.69, 9.17) is 16.3 Å². The normalized spacial score (nSPS) is 12.6. The van der Waals surface area contributed by atoms with E-state index < -0.39 is 0 Å². The Morgan fingerprint density at radius 2 is 2.00 bits per heavy atom. The maximum absolute atomic E-state index is 5.83. The summed E-state index contributed by atoms with van der Waals surface area (Å²) < 4.78 is 5.53. The predicted octanol–water partition coefficient (Wildman–Crippen LogP) is 2.81. The van der Waals surface area contributed by atoms with Crippen LogP contribution in [0.25, 0.3) is 0 Å². The van der Waals surface area contributed by atoms with E-state index in [1.165, 1.54) is 5.56 Å². The third-order valence-electron chi connectivity index (χ3n) is 2.25. The fraction of sp³-hybridized carbons (Fsp3) is 0.538. The van der Waals surface area contributed by atoms with Crippen molar-refractivity contribution in [1.82, 2.24) is 5.32 Å². The average Bonchev–Trinajstić information content (AvgIpc) is 2.29. The van der Waals surface area contributed by atoms with E-state index in [-0.39, 0.29) is 5.38 Å². The zero-order valence-electron chi connectivity index (χ0n) is 9.79. The zero-order valence-corrected chi connectivity index (χ0v) is 10.5. The highest BCUT2D eigenvalue weighted by molar-refractivity contribution is 6.20. The molecule has 0 bridgehead atoms. The average molecular weight is 242 g/mol. The first-order valence-electron chi connectivity index (χ1n) is 5.75. The molecule has 1 aromatic rings. The smallest absolute Gasteiger partial charge is 0.0717 e. The summed E-state index contributed by atoms with van der Waals surface area (Å²) in [6, 6.07) is 10.2. The summed E-state index contributed by atoms with van der Waals surface area (Å²) in [5.74, 6) is 0. The van der Waals surface area contributed by atoms with E-state index in [0.717, 1.165) is 26.1 Å². The molecule has 0 fully saturated rings. The molecule has 0 aliphatic heterocycles. The van der Waals surface area contributed by atoms with E-state index in [1.54, 1.807) is 0 Å². The van der Waals surface area contributed by atoms with Crippen LogP contribution in [-0.4, -0.2) is 25.1 Å². The SMILES string of the molecule is CC(Cl)CCNCCOCc1ccccc1. The number of alkyl halides is 1. The lowest BCUT2D eigenvalue weighted by Gasteiger charge is -2.07. The molecular weight excluding hydrogens is 222 g/mol. The van der Waals surface area contributed by atoms with Crippen LogP contribution in [-0.2, 0) is 11.3 Å². The predicted molar refractivity (Wildman–Crippen MR) is 68.9 cm³/mol. The minimum absolute atomic E-state index is 0.248. The van der Waals surface area contributed by atoms with Crippen molar-refractivity contribution in [2.24, 2.45) is 0 Å². The van der Waals surface area contributed by atoms with Crippen molar-refractivity contribution in [3.8, 4) is 0 Å². The van der Waals surface area contributed by atoms with Gasteiger partial charge in [-0.05, 0) is 25.5 Å². The van der Waals surface area contributed by atoms with Gasteiger partial charge in [0.05, 0.1) is 13.2 Å². The first-order valence-corrected chi connectivity index (χ1v) is 6.19. The molecule has 1 aromatic carbocycles. The van der Waals surface area contributed by atoms with Crippen molar-refractivity contribution in [2.45, 2.75) is 25.3 Å². The molecule has 1 unspecified atom stereocenters. The molecule has 0 aliphatic rings. The van der Waals surface area contributed by atoms with Crippen molar-refractivity contribution in [3.05, 3.63) is 35.9 Å². The number of hydrogen-bond donors (Lipinski definition) is 1. The molecule has 16 heavy (non-hydrogen) atoms. The lowest BCUT2D eigenvalue weighted by atomic mass is 10.2. The summed E-state index contributed by atoms with van der Waals surface area (Å²) in [5.41, 5.74) is 1.22. The highest BCUT2D eigenvalue weighted by Gasteiger charge is 1.95. The van der Waals surface area contributed by atoms with Crippen LogP contribution in [0.1, 0.15) is 18.9 Å². The number of halogens is 1. The van der Waals surface area contributed by atoms with Gasteiger partial charge in [-0.1, -0.05) is 30.3 Å². The maximum atomic E-state index is 5.83. The van der Waals surface area contributed by atoms with Gasteiger partial charge in [-0.2, -0.15) is 0 Å². The van der Waals surface area contributed by atoms with Crippen LogP contribution in [0.3, 0.4) is 0 Å². The van der Waals surface area contributed by atoms with Gasteiger partial charge in [-0.15, -0.1) is 11.6 Å². The molecule has 1 N–H and O–H groups in total. The molecule has 0 saturated carbocycles. The monoisotopic (exact) mass is 241 g/mol. The topological polar surface area (TPSA) is 21.3 Å². The molecule has 0 aliphatic carbocycles. The Morgan fingerprint density at radius 1 is 1.25 bits per heavy atom. The summed E-state index contributed by atoms with van der Waals surface area (Å²) in [6.07, 6.45) is 1.00. The Labute approximate surface area is 103 Å². The third-order valence-corrected chi connectivity index (χ3v) is 2.47. The molecule has 0 spiro atoms. The van der Waals surface area contributed by atoms with Crippen LogP contribution in [0.4, 0.5) is 0 Å². The van der Waals surface area contributed by atoms with E-state index in [0.29, 0.717) is 6.61 Å². The number of rotatable bonds is 8. The fourth-order valence-corrected chi connectivity index (χ4v) is 1.44. The first-order chi connectivity index (χ1) is 7.79. The van der Waals surface area contributed by atoms with E-state index in [9.17, 15) is 0 Å². The summed E-state index contributed by atoms with van der Waals surface area (Å²) in [6.45, 7) is 5.28. The molecular formula is C13H20ClNO.